The van der Waals surface area contributed by atoms with E-state index in [1.807, 2.05) is 0 Å². The SMILES string of the molecule is O=C(O)N1CCC2(CC1)CN(Cc1ccc(SC(F)(F)F)cc1)C(=O)O2. The normalized spacial score (nSPS) is 19.7. The summed E-state index contributed by atoms with van der Waals surface area (Å²) in [5.41, 5.74) is -4.32. The maximum Gasteiger partial charge on any atom is 0.446 e. The molecule has 0 atom stereocenters. The first-order valence-electron chi connectivity index (χ1n) is 7.96. The molecule has 2 fully saturated rings. The molecule has 0 bridgehead atoms. The lowest BCUT2D eigenvalue weighted by molar-refractivity contribution is -0.0328. The van der Waals surface area contributed by atoms with Gasteiger partial charge in [-0.15, -0.1) is 0 Å². The van der Waals surface area contributed by atoms with Gasteiger partial charge in [0.1, 0.15) is 5.60 Å². The second-order valence-corrected chi connectivity index (χ2v) is 7.51. The Balaban J connectivity index is 1.59. The second-order valence-electron chi connectivity index (χ2n) is 6.37. The van der Waals surface area contributed by atoms with Crippen LogP contribution in [-0.2, 0) is 11.3 Å². The number of ether oxygens (including phenoxy) is 1. The van der Waals surface area contributed by atoms with Crippen LogP contribution in [0.3, 0.4) is 0 Å². The molecule has 1 N–H and O–H groups in total. The molecule has 2 heterocycles. The van der Waals surface area contributed by atoms with Crippen molar-refractivity contribution in [3.63, 3.8) is 0 Å². The summed E-state index contributed by atoms with van der Waals surface area (Å²) in [5.74, 6) is 0. The molecule has 0 aliphatic carbocycles. The summed E-state index contributed by atoms with van der Waals surface area (Å²) in [7, 11) is 0. The van der Waals surface area contributed by atoms with Crippen LogP contribution in [0.2, 0.25) is 0 Å². The Morgan fingerprint density at radius 2 is 1.85 bits per heavy atom. The minimum Gasteiger partial charge on any atom is -0.465 e. The molecule has 0 saturated carbocycles. The molecule has 2 amide bonds. The largest absolute Gasteiger partial charge is 0.465 e. The molecule has 2 aliphatic rings. The predicted octanol–water partition coefficient (Wildman–Crippen LogP) is 3.76. The third-order valence-electron chi connectivity index (χ3n) is 4.52. The summed E-state index contributed by atoms with van der Waals surface area (Å²) in [6, 6.07) is 5.85. The number of carbonyl (C=O) groups is 2. The number of benzene rings is 1. The van der Waals surface area contributed by atoms with Gasteiger partial charge in [-0.25, -0.2) is 9.59 Å². The Labute approximate surface area is 151 Å². The van der Waals surface area contributed by atoms with E-state index in [4.69, 9.17) is 9.84 Å². The summed E-state index contributed by atoms with van der Waals surface area (Å²) in [5, 5.41) is 9.00. The van der Waals surface area contributed by atoms with Crippen LogP contribution in [0, 0.1) is 0 Å². The molecule has 26 heavy (non-hydrogen) atoms. The van der Waals surface area contributed by atoms with E-state index >= 15 is 0 Å². The van der Waals surface area contributed by atoms with Gasteiger partial charge in [-0.2, -0.15) is 13.2 Å². The van der Waals surface area contributed by atoms with Crippen LogP contribution in [0.15, 0.2) is 29.2 Å². The number of nitrogens with zero attached hydrogens (tertiary/aromatic N) is 2. The maximum atomic E-state index is 12.4. The van der Waals surface area contributed by atoms with E-state index < -0.39 is 23.3 Å². The van der Waals surface area contributed by atoms with Crippen molar-refractivity contribution >= 4 is 23.9 Å². The van der Waals surface area contributed by atoms with Gasteiger partial charge in [0.25, 0.3) is 0 Å². The van der Waals surface area contributed by atoms with Crippen molar-refractivity contribution in [2.75, 3.05) is 19.6 Å². The van der Waals surface area contributed by atoms with Gasteiger partial charge in [0.2, 0.25) is 0 Å². The molecule has 1 aromatic rings. The fourth-order valence-electron chi connectivity index (χ4n) is 3.20. The molecule has 0 radical (unpaired) electrons. The number of carboxylic acid groups (broad SMARTS) is 1. The molecule has 6 nitrogen and oxygen atoms in total. The monoisotopic (exact) mass is 390 g/mol. The number of amides is 2. The number of alkyl halides is 3. The Morgan fingerprint density at radius 3 is 2.38 bits per heavy atom. The molecule has 0 aromatic heterocycles. The second kappa shape index (κ2) is 6.90. The van der Waals surface area contributed by atoms with Gasteiger partial charge < -0.3 is 14.7 Å². The minimum absolute atomic E-state index is 0.0859. The number of thioether (sulfide) groups is 1. The Kier molecular flexibility index (Phi) is 4.96. The first-order chi connectivity index (χ1) is 12.2. The van der Waals surface area contributed by atoms with E-state index in [9.17, 15) is 22.8 Å². The Morgan fingerprint density at radius 1 is 1.23 bits per heavy atom. The number of hydrogen-bond acceptors (Lipinski definition) is 4. The zero-order chi connectivity index (χ0) is 18.9. The molecular weight excluding hydrogens is 373 g/mol. The first-order valence-corrected chi connectivity index (χ1v) is 8.78. The number of halogens is 3. The summed E-state index contributed by atoms with van der Waals surface area (Å²) in [6.45, 7) is 1.19. The van der Waals surface area contributed by atoms with Crippen LogP contribution in [0.1, 0.15) is 18.4 Å². The predicted molar refractivity (Wildman–Crippen MR) is 86.8 cm³/mol. The zero-order valence-electron chi connectivity index (χ0n) is 13.7. The van der Waals surface area contributed by atoms with Crippen LogP contribution in [0.5, 0.6) is 0 Å². The quantitative estimate of drug-likeness (QED) is 0.796. The highest BCUT2D eigenvalue weighted by atomic mass is 32.2. The first kappa shape index (κ1) is 18.7. The maximum absolute atomic E-state index is 12.4. The fraction of sp³-hybridized carbons (Fsp3) is 0.500. The van der Waals surface area contributed by atoms with Crippen LogP contribution in [0.4, 0.5) is 22.8 Å². The van der Waals surface area contributed by atoms with Crippen molar-refractivity contribution in [1.29, 1.82) is 0 Å². The van der Waals surface area contributed by atoms with E-state index in [1.54, 1.807) is 12.1 Å². The van der Waals surface area contributed by atoms with Crippen molar-refractivity contribution in [2.24, 2.45) is 0 Å². The third-order valence-corrected chi connectivity index (χ3v) is 5.26. The van der Waals surface area contributed by atoms with Gasteiger partial charge in [0, 0.05) is 37.4 Å². The highest BCUT2D eigenvalue weighted by molar-refractivity contribution is 8.00. The van der Waals surface area contributed by atoms with Gasteiger partial charge in [0.15, 0.2) is 0 Å². The van der Waals surface area contributed by atoms with E-state index in [2.05, 4.69) is 0 Å². The topological polar surface area (TPSA) is 70.1 Å². The lowest BCUT2D eigenvalue weighted by atomic mass is 9.91. The van der Waals surface area contributed by atoms with Gasteiger partial charge in [-0.3, -0.25) is 4.90 Å². The van der Waals surface area contributed by atoms with Gasteiger partial charge in [-0.05, 0) is 29.5 Å². The number of likely N-dealkylation sites (tertiary alicyclic amines) is 1. The van der Waals surface area contributed by atoms with E-state index in [0.29, 0.717) is 38.0 Å². The minimum atomic E-state index is -4.34. The molecule has 2 saturated heterocycles. The van der Waals surface area contributed by atoms with Crippen molar-refractivity contribution in [3.8, 4) is 0 Å². The lowest BCUT2D eigenvalue weighted by Gasteiger charge is -2.36. The molecule has 3 rings (SSSR count). The average Bonchev–Trinajstić information content (AvgIpc) is 2.83. The molecular formula is C16H17F3N2O4S. The van der Waals surface area contributed by atoms with Crippen LogP contribution < -0.4 is 0 Å². The lowest BCUT2D eigenvalue weighted by Crippen LogP contribution is -2.48. The van der Waals surface area contributed by atoms with Crippen molar-refractivity contribution < 1.29 is 32.6 Å². The summed E-state index contributed by atoms with van der Waals surface area (Å²) < 4.78 is 42.6. The van der Waals surface area contributed by atoms with Gasteiger partial charge in [-0.1, -0.05) is 12.1 Å². The summed E-state index contributed by atoms with van der Waals surface area (Å²) in [6.07, 6.45) is -0.605. The molecule has 2 aliphatic heterocycles. The third kappa shape index (κ3) is 4.35. The number of carbonyl (C=O) groups excluding carboxylic acids is 1. The van der Waals surface area contributed by atoms with E-state index in [1.165, 1.54) is 21.9 Å². The number of hydrogen-bond donors (Lipinski definition) is 1. The van der Waals surface area contributed by atoms with Crippen LogP contribution in [-0.4, -0.2) is 57.8 Å². The molecule has 142 valence electrons. The van der Waals surface area contributed by atoms with Gasteiger partial charge >= 0.3 is 17.7 Å². The smallest absolute Gasteiger partial charge is 0.446 e. The molecule has 10 heteroatoms. The Hall–Kier alpha value is -2.10. The van der Waals surface area contributed by atoms with Gasteiger partial charge in [0.05, 0.1) is 6.54 Å². The summed E-state index contributed by atoms with van der Waals surface area (Å²) in [4.78, 5) is 26.0. The standard InChI is InChI=1S/C16H17F3N2O4S/c17-16(18,19)26-12-3-1-11(2-4-12)9-21-10-15(25-14(21)24)5-7-20(8-6-15)13(22)23/h1-4H,5-10H2,(H,22,23). The average molecular weight is 390 g/mol. The van der Waals surface area contributed by atoms with Crippen molar-refractivity contribution in [2.45, 2.75) is 35.4 Å². The fourth-order valence-corrected chi connectivity index (χ4v) is 3.74. The highest BCUT2D eigenvalue weighted by Crippen LogP contribution is 2.37. The molecule has 1 spiro atoms. The van der Waals surface area contributed by atoms with Crippen molar-refractivity contribution in [3.05, 3.63) is 29.8 Å². The number of piperidine rings is 1. The molecule has 1 aromatic carbocycles. The number of rotatable bonds is 3. The van der Waals surface area contributed by atoms with Crippen LogP contribution in [0.25, 0.3) is 0 Å². The Bertz CT molecular complexity index is 688. The van der Waals surface area contributed by atoms with Crippen LogP contribution >= 0.6 is 11.8 Å². The highest BCUT2D eigenvalue weighted by Gasteiger charge is 2.47. The van der Waals surface area contributed by atoms with E-state index in [-0.39, 0.29) is 23.2 Å². The molecule has 0 unspecified atom stereocenters. The van der Waals surface area contributed by atoms with Crippen molar-refractivity contribution in [1.82, 2.24) is 9.80 Å². The summed E-state index contributed by atoms with van der Waals surface area (Å²) >= 11 is -0.185. The zero-order valence-corrected chi connectivity index (χ0v) is 14.5. The van der Waals surface area contributed by atoms with E-state index in [0.717, 1.165) is 0 Å².